The van der Waals surface area contributed by atoms with E-state index in [1.807, 2.05) is 6.92 Å². The molecule has 2 heterocycles. The first kappa shape index (κ1) is 13.3. The van der Waals surface area contributed by atoms with Gasteiger partial charge < -0.3 is 5.11 Å². The van der Waals surface area contributed by atoms with E-state index in [9.17, 15) is 5.11 Å². The molecule has 1 N–H and O–H groups in total. The molecular weight excluding hydrogens is 273 g/mol. The number of aliphatic hydroxyl groups excluding tert-OH is 1. The Bertz CT molecular complexity index is 568. The van der Waals surface area contributed by atoms with Gasteiger partial charge in [-0.15, -0.1) is 0 Å². The molecule has 0 saturated heterocycles. The van der Waals surface area contributed by atoms with Gasteiger partial charge in [0.25, 0.3) is 0 Å². The molecule has 4 nitrogen and oxygen atoms in total. The largest absolute Gasteiger partial charge is 0.388 e. The molecule has 96 valence electrons. The zero-order chi connectivity index (χ0) is 13.3. The van der Waals surface area contributed by atoms with Gasteiger partial charge in [-0.3, -0.25) is 9.67 Å². The van der Waals surface area contributed by atoms with Crippen LogP contribution in [0.2, 0.25) is 10.2 Å². The van der Waals surface area contributed by atoms with Crippen molar-refractivity contribution in [2.24, 2.45) is 7.05 Å². The molecule has 18 heavy (non-hydrogen) atoms. The van der Waals surface area contributed by atoms with E-state index < -0.39 is 6.10 Å². The van der Waals surface area contributed by atoms with Crippen molar-refractivity contribution < 1.29 is 5.11 Å². The highest BCUT2D eigenvalue weighted by molar-refractivity contribution is 6.31. The molecule has 0 spiro atoms. The maximum atomic E-state index is 10.2. The van der Waals surface area contributed by atoms with Crippen molar-refractivity contribution in [2.75, 3.05) is 0 Å². The number of aromatic nitrogens is 3. The van der Waals surface area contributed by atoms with Crippen LogP contribution >= 0.6 is 23.2 Å². The summed E-state index contributed by atoms with van der Waals surface area (Å²) in [5.41, 5.74) is 2.29. The highest BCUT2D eigenvalue weighted by Gasteiger charge is 2.18. The standard InChI is InChI=1S/C12H13Cl2N3O/c1-7-9(12(14)17(2)16-7)5-11(18)8-3-4-15-6-10(8)13/h3-4,6,11,18H,5H2,1-2H3. The first-order chi connectivity index (χ1) is 8.50. The maximum absolute atomic E-state index is 10.2. The molecule has 1 unspecified atom stereocenters. The Kier molecular flexibility index (Phi) is 3.90. The third kappa shape index (κ3) is 2.51. The van der Waals surface area contributed by atoms with Gasteiger partial charge in [0.2, 0.25) is 0 Å². The zero-order valence-corrected chi connectivity index (χ0v) is 11.6. The Morgan fingerprint density at radius 3 is 2.72 bits per heavy atom. The molecular formula is C12H13Cl2N3O. The normalized spacial score (nSPS) is 12.7. The highest BCUT2D eigenvalue weighted by Crippen LogP contribution is 2.28. The molecule has 1 atom stereocenters. The number of rotatable bonds is 3. The fraction of sp³-hybridized carbons (Fsp3) is 0.333. The van der Waals surface area contributed by atoms with E-state index in [0.29, 0.717) is 22.2 Å². The van der Waals surface area contributed by atoms with Crippen LogP contribution in [0.1, 0.15) is 22.9 Å². The smallest absolute Gasteiger partial charge is 0.130 e. The minimum atomic E-state index is -0.721. The van der Waals surface area contributed by atoms with Gasteiger partial charge in [-0.05, 0) is 13.0 Å². The van der Waals surface area contributed by atoms with Crippen LogP contribution in [0.4, 0.5) is 0 Å². The summed E-state index contributed by atoms with van der Waals surface area (Å²) >= 11 is 12.1. The second-order valence-electron chi connectivity index (χ2n) is 4.10. The SMILES string of the molecule is Cc1nn(C)c(Cl)c1CC(O)c1ccncc1Cl. The summed E-state index contributed by atoms with van der Waals surface area (Å²) in [5.74, 6) is 0. The lowest BCUT2D eigenvalue weighted by Crippen LogP contribution is -2.04. The fourth-order valence-corrected chi connectivity index (χ4v) is 2.36. The Morgan fingerprint density at radius 1 is 1.44 bits per heavy atom. The van der Waals surface area contributed by atoms with Crippen LogP contribution in [0.15, 0.2) is 18.5 Å². The summed E-state index contributed by atoms with van der Waals surface area (Å²) in [5, 5.41) is 15.4. The van der Waals surface area contributed by atoms with E-state index in [4.69, 9.17) is 23.2 Å². The topological polar surface area (TPSA) is 50.9 Å². The van der Waals surface area contributed by atoms with Crippen molar-refractivity contribution in [1.29, 1.82) is 0 Å². The van der Waals surface area contributed by atoms with E-state index in [0.717, 1.165) is 11.3 Å². The van der Waals surface area contributed by atoms with E-state index in [1.165, 1.54) is 6.20 Å². The van der Waals surface area contributed by atoms with Crippen molar-refractivity contribution in [3.05, 3.63) is 45.5 Å². The summed E-state index contributed by atoms with van der Waals surface area (Å²) in [6, 6.07) is 1.70. The van der Waals surface area contributed by atoms with Crippen LogP contribution < -0.4 is 0 Å². The minimum absolute atomic E-state index is 0.377. The number of hydrogen-bond donors (Lipinski definition) is 1. The van der Waals surface area contributed by atoms with Crippen molar-refractivity contribution in [1.82, 2.24) is 14.8 Å². The Labute approximate surface area is 115 Å². The maximum Gasteiger partial charge on any atom is 0.130 e. The fourth-order valence-electron chi connectivity index (χ4n) is 1.87. The first-order valence-corrected chi connectivity index (χ1v) is 6.21. The quantitative estimate of drug-likeness (QED) is 0.943. The molecule has 2 rings (SSSR count). The molecule has 0 bridgehead atoms. The average molecular weight is 286 g/mol. The van der Waals surface area contributed by atoms with Crippen LogP contribution in [0.25, 0.3) is 0 Å². The number of pyridine rings is 1. The molecule has 0 aliphatic rings. The molecule has 0 aliphatic carbocycles. The molecule has 6 heteroatoms. The molecule has 0 radical (unpaired) electrons. The molecule has 2 aromatic heterocycles. The van der Waals surface area contributed by atoms with Crippen LogP contribution in [0.3, 0.4) is 0 Å². The number of aryl methyl sites for hydroxylation is 2. The van der Waals surface area contributed by atoms with Gasteiger partial charge in [-0.2, -0.15) is 5.10 Å². The third-order valence-corrected chi connectivity index (χ3v) is 3.62. The van der Waals surface area contributed by atoms with Gasteiger partial charge >= 0.3 is 0 Å². The Balaban J connectivity index is 2.27. The van der Waals surface area contributed by atoms with Crippen molar-refractivity contribution >= 4 is 23.2 Å². The molecule has 0 fully saturated rings. The lowest BCUT2D eigenvalue weighted by molar-refractivity contribution is 0.178. The number of hydrogen-bond acceptors (Lipinski definition) is 3. The summed E-state index contributed by atoms with van der Waals surface area (Å²) in [6.45, 7) is 1.86. The van der Waals surface area contributed by atoms with E-state index in [-0.39, 0.29) is 0 Å². The van der Waals surface area contributed by atoms with Gasteiger partial charge in [0, 0.05) is 37.0 Å². The highest BCUT2D eigenvalue weighted by atomic mass is 35.5. The number of aliphatic hydroxyl groups is 1. The number of halogens is 2. The summed E-state index contributed by atoms with van der Waals surface area (Å²) < 4.78 is 1.59. The van der Waals surface area contributed by atoms with Crippen molar-refractivity contribution in [3.63, 3.8) is 0 Å². The van der Waals surface area contributed by atoms with Crippen LogP contribution in [-0.4, -0.2) is 19.9 Å². The average Bonchev–Trinajstić information content (AvgIpc) is 2.56. The van der Waals surface area contributed by atoms with Crippen molar-refractivity contribution in [2.45, 2.75) is 19.4 Å². The van der Waals surface area contributed by atoms with Gasteiger partial charge in [0.05, 0.1) is 16.8 Å². The molecule has 2 aromatic rings. The predicted molar refractivity (Wildman–Crippen MR) is 70.9 cm³/mol. The van der Waals surface area contributed by atoms with Gasteiger partial charge in [-0.1, -0.05) is 23.2 Å². The lowest BCUT2D eigenvalue weighted by atomic mass is 10.0. The van der Waals surface area contributed by atoms with Gasteiger partial charge in [0.1, 0.15) is 5.15 Å². The number of nitrogens with zero attached hydrogens (tertiary/aromatic N) is 3. The third-order valence-electron chi connectivity index (χ3n) is 2.83. The van der Waals surface area contributed by atoms with E-state index >= 15 is 0 Å². The molecule has 0 saturated carbocycles. The Hall–Kier alpha value is -1.10. The molecule has 0 aliphatic heterocycles. The van der Waals surface area contributed by atoms with Crippen LogP contribution in [0.5, 0.6) is 0 Å². The molecule has 0 amide bonds. The summed E-state index contributed by atoms with van der Waals surface area (Å²) in [7, 11) is 1.77. The summed E-state index contributed by atoms with van der Waals surface area (Å²) in [6.07, 6.45) is 2.77. The molecule has 0 aromatic carbocycles. The predicted octanol–water partition coefficient (Wildman–Crippen LogP) is 2.71. The van der Waals surface area contributed by atoms with Gasteiger partial charge in [0.15, 0.2) is 0 Å². The zero-order valence-electron chi connectivity index (χ0n) is 10.1. The minimum Gasteiger partial charge on any atom is -0.388 e. The van der Waals surface area contributed by atoms with Crippen LogP contribution in [-0.2, 0) is 13.5 Å². The first-order valence-electron chi connectivity index (χ1n) is 5.46. The lowest BCUT2D eigenvalue weighted by Gasteiger charge is -2.12. The second-order valence-corrected chi connectivity index (χ2v) is 4.86. The van der Waals surface area contributed by atoms with E-state index in [2.05, 4.69) is 10.1 Å². The Morgan fingerprint density at radius 2 is 2.17 bits per heavy atom. The monoisotopic (exact) mass is 285 g/mol. The van der Waals surface area contributed by atoms with Gasteiger partial charge in [-0.25, -0.2) is 0 Å². The summed E-state index contributed by atoms with van der Waals surface area (Å²) in [4.78, 5) is 3.89. The van der Waals surface area contributed by atoms with Crippen molar-refractivity contribution in [3.8, 4) is 0 Å². The second kappa shape index (κ2) is 5.26. The van der Waals surface area contributed by atoms with E-state index in [1.54, 1.807) is 24.0 Å². The van der Waals surface area contributed by atoms with Crippen LogP contribution in [0, 0.1) is 6.92 Å².